The van der Waals surface area contributed by atoms with Crippen LogP contribution in [0.1, 0.15) is 15.9 Å². The first kappa shape index (κ1) is 17.2. The van der Waals surface area contributed by atoms with Gasteiger partial charge in [-0.25, -0.2) is 4.79 Å². The lowest BCUT2D eigenvalue weighted by Gasteiger charge is -2.15. The predicted molar refractivity (Wildman–Crippen MR) is 68.0 cm³/mol. The fourth-order valence-electron chi connectivity index (χ4n) is 1.47. The molecule has 23 heavy (non-hydrogen) atoms. The topological polar surface area (TPSA) is 108 Å². The first-order valence-corrected chi connectivity index (χ1v) is 7.52. The zero-order valence-corrected chi connectivity index (χ0v) is 12.1. The highest BCUT2D eigenvalue weighted by molar-refractivity contribution is 7.91. The minimum Gasteiger partial charge on any atom is -0.858 e. The molecule has 0 amide bonds. The quantitative estimate of drug-likeness (QED) is 0.324. The number of carbonyl (C=O) groups is 1. The summed E-state index contributed by atoms with van der Waals surface area (Å²) in [6.45, 7) is 0.326. The van der Waals surface area contributed by atoms with Crippen LogP contribution in [0.2, 0.25) is 0 Å². The first-order chi connectivity index (χ1) is 10.6. The van der Waals surface area contributed by atoms with Crippen molar-refractivity contribution in [3.63, 3.8) is 0 Å². The second kappa shape index (κ2) is 6.16. The lowest BCUT2D eigenvalue weighted by atomic mass is 10.1. The average Bonchev–Trinajstić information content (AvgIpc) is 3.27. The van der Waals surface area contributed by atoms with Crippen LogP contribution in [0.5, 0.6) is 0 Å². The van der Waals surface area contributed by atoms with Gasteiger partial charge in [0.15, 0.2) is 0 Å². The maximum absolute atomic E-state index is 12.2. The van der Waals surface area contributed by atoms with E-state index in [1.165, 1.54) is 12.1 Å². The predicted octanol–water partition coefficient (Wildman–Crippen LogP) is 0.199. The van der Waals surface area contributed by atoms with Crippen molar-refractivity contribution < 1.29 is 41.0 Å². The minimum atomic E-state index is -6.00. The van der Waals surface area contributed by atoms with Crippen molar-refractivity contribution in [3.05, 3.63) is 35.4 Å². The fraction of sp³-hybridized carbons (Fsp3) is 0.333. The number of carbonyl (C=O) groups excluding carboxylic acids is 1. The van der Waals surface area contributed by atoms with E-state index in [0.717, 1.165) is 12.1 Å². The maximum Gasteiger partial charge on any atom is 0.518 e. The third-order valence-corrected chi connectivity index (χ3v) is 3.67. The highest BCUT2D eigenvalue weighted by Crippen LogP contribution is 2.25. The second-order valence-electron chi connectivity index (χ2n) is 4.42. The molecule has 0 aromatic heterocycles. The van der Waals surface area contributed by atoms with E-state index in [1.807, 2.05) is 0 Å². The number of benzene rings is 1. The zero-order chi connectivity index (χ0) is 17.3. The Balaban J connectivity index is 2.30. The Morgan fingerprint density at radius 2 is 1.91 bits per heavy atom. The molecule has 0 aliphatic carbocycles. The maximum atomic E-state index is 12.2. The van der Waals surface area contributed by atoms with Crippen molar-refractivity contribution in [2.24, 2.45) is 4.40 Å². The number of alkyl halides is 3. The molecule has 2 rings (SSSR count). The van der Waals surface area contributed by atoms with Crippen LogP contribution < -0.4 is 5.11 Å². The Kier molecular flexibility index (Phi) is 4.61. The molecule has 126 valence electrons. The number of ether oxygens (including phenoxy) is 2. The SMILES string of the molecule is O=C(OCC1CO1)c1ccccc1/C([O-])=N/S(=O)(=O)C(F)(F)F. The summed E-state index contributed by atoms with van der Waals surface area (Å²) >= 11 is 0. The molecular weight excluding hydrogens is 343 g/mol. The highest BCUT2D eigenvalue weighted by Gasteiger charge is 2.45. The van der Waals surface area contributed by atoms with Crippen LogP contribution in [0.3, 0.4) is 0 Å². The number of epoxide rings is 1. The number of hydrogen-bond acceptors (Lipinski definition) is 6. The molecule has 1 aromatic carbocycles. The molecule has 0 radical (unpaired) electrons. The summed E-state index contributed by atoms with van der Waals surface area (Å²) in [6.07, 6.45) is -0.253. The number of esters is 1. The third-order valence-electron chi connectivity index (χ3n) is 2.68. The van der Waals surface area contributed by atoms with Crippen LogP contribution in [0.25, 0.3) is 0 Å². The molecule has 1 unspecified atom stereocenters. The summed E-state index contributed by atoms with van der Waals surface area (Å²) in [5.74, 6) is -2.71. The lowest BCUT2D eigenvalue weighted by Crippen LogP contribution is -2.28. The van der Waals surface area contributed by atoms with Crippen molar-refractivity contribution in [1.82, 2.24) is 0 Å². The second-order valence-corrected chi connectivity index (χ2v) is 6.01. The van der Waals surface area contributed by atoms with Crippen LogP contribution in [-0.2, 0) is 19.5 Å². The summed E-state index contributed by atoms with van der Waals surface area (Å²) in [7, 11) is -6.00. The Hall–Kier alpha value is -2.14. The van der Waals surface area contributed by atoms with Crippen molar-refractivity contribution in [1.29, 1.82) is 0 Å². The number of nitrogens with zero attached hydrogens (tertiary/aromatic N) is 1. The van der Waals surface area contributed by atoms with Gasteiger partial charge in [0.2, 0.25) is 0 Å². The van der Waals surface area contributed by atoms with Gasteiger partial charge in [-0.2, -0.15) is 26.0 Å². The number of sulfonamides is 1. The first-order valence-electron chi connectivity index (χ1n) is 6.08. The van der Waals surface area contributed by atoms with E-state index in [9.17, 15) is 31.5 Å². The van der Waals surface area contributed by atoms with Crippen LogP contribution >= 0.6 is 0 Å². The molecule has 7 nitrogen and oxygen atoms in total. The fourth-order valence-corrected chi connectivity index (χ4v) is 1.89. The molecule has 1 saturated heterocycles. The summed E-state index contributed by atoms with van der Waals surface area (Å²) in [5, 5.41) is 11.7. The van der Waals surface area contributed by atoms with E-state index in [4.69, 9.17) is 9.47 Å². The van der Waals surface area contributed by atoms with Gasteiger partial charge in [0.1, 0.15) is 12.7 Å². The number of hydrogen-bond donors (Lipinski definition) is 0. The van der Waals surface area contributed by atoms with Gasteiger partial charge in [0.25, 0.3) is 0 Å². The summed E-state index contributed by atoms with van der Waals surface area (Å²) in [4.78, 5) is 11.8. The van der Waals surface area contributed by atoms with E-state index in [2.05, 4.69) is 4.40 Å². The zero-order valence-electron chi connectivity index (χ0n) is 11.2. The molecule has 1 atom stereocenters. The van der Waals surface area contributed by atoms with Crippen LogP contribution in [0.4, 0.5) is 13.2 Å². The van der Waals surface area contributed by atoms with E-state index in [-0.39, 0.29) is 18.3 Å². The van der Waals surface area contributed by atoms with E-state index in [0.29, 0.717) is 6.61 Å². The van der Waals surface area contributed by atoms with Gasteiger partial charge in [0.05, 0.1) is 12.2 Å². The largest absolute Gasteiger partial charge is 0.858 e. The van der Waals surface area contributed by atoms with Crippen molar-refractivity contribution in [2.75, 3.05) is 13.2 Å². The normalized spacial score (nSPS) is 18.6. The molecule has 0 saturated carbocycles. The van der Waals surface area contributed by atoms with Crippen LogP contribution in [0, 0.1) is 0 Å². The van der Waals surface area contributed by atoms with Gasteiger partial charge < -0.3 is 14.6 Å². The Morgan fingerprint density at radius 1 is 1.35 bits per heavy atom. The molecule has 1 aromatic rings. The Morgan fingerprint density at radius 3 is 2.43 bits per heavy atom. The Labute approximate surface area is 128 Å². The standard InChI is InChI=1S/C12H10F3NO6S/c13-12(14,15)23(19,20)16-10(17)8-3-1-2-4-9(8)11(18)22-6-7-5-21-7/h1-4,7H,5-6H2,(H,16,17)/p-1. The average molecular weight is 352 g/mol. The van der Waals surface area contributed by atoms with E-state index in [1.54, 1.807) is 0 Å². The van der Waals surface area contributed by atoms with Gasteiger partial charge in [-0.05, 0) is 6.07 Å². The van der Waals surface area contributed by atoms with Crippen LogP contribution in [-0.4, -0.2) is 45.1 Å². The lowest BCUT2D eigenvalue weighted by molar-refractivity contribution is -0.212. The smallest absolute Gasteiger partial charge is 0.518 e. The molecule has 1 aliphatic rings. The molecule has 1 fully saturated rings. The molecule has 0 spiro atoms. The summed E-state index contributed by atoms with van der Waals surface area (Å²) in [6, 6.07) is 4.66. The number of rotatable bonds is 5. The molecule has 1 heterocycles. The van der Waals surface area contributed by atoms with Gasteiger partial charge in [-0.3, -0.25) is 0 Å². The van der Waals surface area contributed by atoms with Gasteiger partial charge in [-0.15, -0.1) is 0 Å². The van der Waals surface area contributed by atoms with Gasteiger partial charge in [0, 0.05) is 11.5 Å². The molecule has 11 heteroatoms. The van der Waals surface area contributed by atoms with E-state index < -0.39 is 33.0 Å². The molecule has 0 N–H and O–H groups in total. The van der Waals surface area contributed by atoms with E-state index >= 15 is 0 Å². The Bertz CT molecular complexity index is 739. The summed E-state index contributed by atoms with van der Waals surface area (Å²) in [5.41, 5.74) is -6.71. The molecule has 1 aliphatic heterocycles. The van der Waals surface area contributed by atoms with Gasteiger partial charge >= 0.3 is 21.5 Å². The molecule has 0 bridgehead atoms. The number of halogens is 3. The summed E-state index contributed by atoms with van der Waals surface area (Å²) < 4.78 is 70.3. The van der Waals surface area contributed by atoms with Crippen molar-refractivity contribution in [3.8, 4) is 0 Å². The molecular formula is C12H9F3NO6S-. The van der Waals surface area contributed by atoms with Gasteiger partial charge in [-0.1, -0.05) is 18.2 Å². The van der Waals surface area contributed by atoms with Crippen LogP contribution in [0.15, 0.2) is 28.7 Å². The highest BCUT2D eigenvalue weighted by atomic mass is 32.2. The third kappa shape index (κ3) is 4.20. The minimum absolute atomic E-state index is 0.0840. The van der Waals surface area contributed by atoms with Crippen molar-refractivity contribution >= 4 is 21.9 Å². The van der Waals surface area contributed by atoms with Crippen molar-refractivity contribution in [2.45, 2.75) is 11.6 Å². The monoisotopic (exact) mass is 352 g/mol.